The van der Waals surface area contributed by atoms with Crippen molar-refractivity contribution in [1.82, 2.24) is 4.90 Å². The van der Waals surface area contributed by atoms with E-state index in [1.807, 2.05) is 0 Å². The molecule has 2 bridgehead atoms. The molecule has 0 unspecified atom stereocenters. The Hall–Kier alpha value is -1.39. The molecule has 2 saturated heterocycles. The van der Waals surface area contributed by atoms with Gasteiger partial charge in [0.1, 0.15) is 0 Å². The molecule has 106 valence electrons. The van der Waals surface area contributed by atoms with Gasteiger partial charge in [-0.15, -0.1) is 0 Å². The van der Waals surface area contributed by atoms with E-state index < -0.39 is 5.97 Å². The second kappa shape index (κ2) is 5.54. The van der Waals surface area contributed by atoms with Crippen molar-refractivity contribution in [1.29, 1.82) is 0 Å². The van der Waals surface area contributed by atoms with Crippen LogP contribution in [-0.2, 0) is 4.84 Å². The third kappa shape index (κ3) is 2.72. The maximum atomic E-state index is 11.9. The Morgan fingerprint density at radius 3 is 2.45 bits per heavy atom. The second-order valence-corrected chi connectivity index (χ2v) is 5.94. The molecule has 0 amide bonds. The minimum atomic E-state index is -0.430. The number of halogens is 1. The fourth-order valence-electron chi connectivity index (χ4n) is 3.03. The molecule has 0 N–H and O–H groups in total. The van der Waals surface area contributed by atoms with Gasteiger partial charge in [0.25, 0.3) is 0 Å². The average molecular weight is 293 g/mol. The lowest BCUT2D eigenvalue weighted by molar-refractivity contribution is 0.0510. The van der Waals surface area contributed by atoms with Gasteiger partial charge in [0.15, 0.2) is 0 Å². The van der Waals surface area contributed by atoms with Crippen LogP contribution in [-0.4, -0.2) is 35.7 Å². The number of carbonyl (C=O) groups excluding carboxylic acids is 1. The first-order valence-corrected chi connectivity index (χ1v) is 7.26. The van der Waals surface area contributed by atoms with Crippen molar-refractivity contribution in [3.8, 4) is 0 Å². The van der Waals surface area contributed by atoms with E-state index >= 15 is 0 Å². The van der Waals surface area contributed by atoms with Crippen LogP contribution in [0, 0.1) is 0 Å². The highest BCUT2D eigenvalue weighted by molar-refractivity contribution is 6.30. The molecule has 4 nitrogen and oxygen atoms in total. The molecule has 0 spiro atoms. The SMILES string of the molecule is CN1[C@@H]2CC[C@H]1CC(=NOC(=O)c1ccc(Cl)cc1)C2. The van der Waals surface area contributed by atoms with Gasteiger partial charge >= 0.3 is 5.97 Å². The van der Waals surface area contributed by atoms with Gasteiger partial charge in [-0.05, 0) is 44.2 Å². The molecule has 2 fully saturated rings. The first-order chi connectivity index (χ1) is 9.63. The third-order valence-corrected chi connectivity index (χ3v) is 4.52. The molecular formula is C15H17ClN2O2. The van der Waals surface area contributed by atoms with Gasteiger partial charge in [-0.1, -0.05) is 16.8 Å². The highest BCUT2D eigenvalue weighted by Crippen LogP contribution is 2.32. The standard InChI is InChI=1S/C15H17ClN2O2/c1-18-13-6-7-14(18)9-12(8-13)17-20-15(19)10-2-4-11(16)5-3-10/h2-5,13-14H,6-9H2,1H3/t13-,14+. The Balaban J connectivity index is 1.63. The first kappa shape index (κ1) is 13.6. The molecule has 2 aliphatic rings. The number of hydrogen-bond acceptors (Lipinski definition) is 4. The molecule has 1 aromatic carbocycles. The molecule has 1 aromatic rings. The number of rotatable bonds is 2. The number of benzene rings is 1. The molecular weight excluding hydrogens is 276 g/mol. The largest absolute Gasteiger partial charge is 0.365 e. The van der Waals surface area contributed by atoms with E-state index in [1.165, 1.54) is 12.8 Å². The summed E-state index contributed by atoms with van der Waals surface area (Å²) in [6, 6.07) is 7.73. The van der Waals surface area contributed by atoms with Crippen molar-refractivity contribution in [2.75, 3.05) is 7.05 Å². The van der Waals surface area contributed by atoms with Gasteiger partial charge < -0.3 is 4.84 Å². The van der Waals surface area contributed by atoms with Crippen LogP contribution in [0.25, 0.3) is 0 Å². The maximum Gasteiger partial charge on any atom is 0.365 e. The number of hydrogen-bond donors (Lipinski definition) is 0. The average Bonchev–Trinajstić information content (AvgIpc) is 2.66. The van der Waals surface area contributed by atoms with E-state index in [-0.39, 0.29) is 0 Å². The van der Waals surface area contributed by atoms with Crippen molar-refractivity contribution >= 4 is 23.3 Å². The molecule has 0 aliphatic carbocycles. The predicted molar refractivity (Wildman–Crippen MR) is 78.1 cm³/mol. The molecule has 5 heteroatoms. The highest BCUT2D eigenvalue weighted by atomic mass is 35.5. The van der Waals surface area contributed by atoms with Crippen molar-refractivity contribution in [3.63, 3.8) is 0 Å². The summed E-state index contributed by atoms with van der Waals surface area (Å²) in [5, 5.41) is 4.66. The normalized spacial score (nSPS) is 27.8. The lowest BCUT2D eigenvalue weighted by Crippen LogP contribution is -2.40. The Labute approximate surface area is 123 Å². The Morgan fingerprint density at radius 1 is 1.25 bits per heavy atom. The lowest BCUT2D eigenvalue weighted by Gasteiger charge is -2.31. The summed E-state index contributed by atoms with van der Waals surface area (Å²) in [5.41, 5.74) is 1.47. The summed E-state index contributed by atoms with van der Waals surface area (Å²) in [6.07, 6.45) is 4.23. The van der Waals surface area contributed by atoms with Gasteiger partial charge in [-0.25, -0.2) is 4.79 Å². The topological polar surface area (TPSA) is 41.9 Å². The predicted octanol–water partition coefficient (Wildman–Crippen LogP) is 3.11. The molecule has 2 heterocycles. The fraction of sp³-hybridized carbons (Fsp3) is 0.467. The fourth-order valence-corrected chi connectivity index (χ4v) is 3.15. The number of piperidine rings is 1. The summed E-state index contributed by atoms with van der Waals surface area (Å²) in [6.45, 7) is 0. The summed E-state index contributed by atoms with van der Waals surface area (Å²) in [7, 11) is 2.17. The second-order valence-electron chi connectivity index (χ2n) is 5.50. The zero-order valence-electron chi connectivity index (χ0n) is 11.4. The van der Waals surface area contributed by atoms with E-state index in [9.17, 15) is 4.79 Å². The summed E-state index contributed by atoms with van der Waals surface area (Å²) in [5.74, 6) is -0.430. The van der Waals surface area contributed by atoms with E-state index in [4.69, 9.17) is 16.4 Å². The van der Waals surface area contributed by atoms with Crippen LogP contribution < -0.4 is 0 Å². The van der Waals surface area contributed by atoms with Gasteiger partial charge in [-0.3, -0.25) is 4.90 Å². The van der Waals surface area contributed by atoms with Crippen LogP contribution in [0.3, 0.4) is 0 Å². The van der Waals surface area contributed by atoms with Crippen molar-refractivity contribution in [2.45, 2.75) is 37.8 Å². The Bertz CT molecular complexity index is 525. The van der Waals surface area contributed by atoms with Crippen molar-refractivity contribution in [3.05, 3.63) is 34.9 Å². The van der Waals surface area contributed by atoms with Crippen LogP contribution in [0.2, 0.25) is 5.02 Å². The van der Waals surface area contributed by atoms with Crippen molar-refractivity contribution < 1.29 is 9.63 Å². The van der Waals surface area contributed by atoms with E-state index in [0.29, 0.717) is 22.7 Å². The van der Waals surface area contributed by atoms with Crippen LogP contribution in [0.1, 0.15) is 36.0 Å². The minimum Gasteiger partial charge on any atom is -0.313 e. The third-order valence-electron chi connectivity index (χ3n) is 4.27. The summed E-state index contributed by atoms with van der Waals surface area (Å²) < 4.78 is 0. The van der Waals surface area contributed by atoms with Crippen molar-refractivity contribution in [2.24, 2.45) is 5.16 Å². The Morgan fingerprint density at radius 2 is 1.85 bits per heavy atom. The quantitative estimate of drug-likeness (QED) is 0.621. The van der Waals surface area contributed by atoms with E-state index in [0.717, 1.165) is 18.6 Å². The van der Waals surface area contributed by atoms with Gasteiger partial charge in [-0.2, -0.15) is 0 Å². The molecule has 0 aromatic heterocycles. The van der Waals surface area contributed by atoms with Crippen LogP contribution >= 0.6 is 11.6 Å². The van der Waals surface area contributed by atoms with Crippen LogP contribution in [0.4, 0.5) is 0 Å². The van der Waals surface area contributed by atoms with Crippen LogP contribution in [0.5, 0.6) is 0 Å². The molecule has 0 radical (unpaired) electrons. The number of oxime groups is 1. The van der Waals surface area contributed by atoms with E-state index in [2.05, 4.69) is 17.1 Å². The zero-order chi connectivity index (χ0) is 14.1. The van der Waals surface area contributed by atoms with E-state index in [1.54, 1.807) is 24.3 Å². The molecule has 3 rings (SSSR count). The monoisotopic (exact) mass is 292 g/mol. The van der Waals surface area contributed by atoms with Gasteiger partial charge in [0.05, 0.1) is 11.3 Å². The number of carbonyl (C=O) groups is 1. The number of nitrogens with zero attached hydrogens (tertiary/aromatic N) is 2. The van der Waals surface area contributed by atoms with Gasteiger partial charge in [0.2, 0.25) is 0 Å². The molecule has 20 heavy (non-hydrogen) atoms. The molecule has 2 atom stereocenters. The minimum absolute atomic E-state index is 0.430. The number of fused-ring (bicyclic) bond motifs is 2. The Kier molecular flexibility index (Phi) is 3.76. The maximum absolute atomic E-state index is 11.9. The summed E-state index contributed by atoms with van der Waals surface area (Å²) in [4.78, 5) is 19.3. The summed E-state index contributed by atoms with van der Waals surface area (Å²) >= 11 is 5.78. The zero-order valence-corrected chi connectivity index (χ0v) is 12.1. The smallest absolute Gasteiger partial charge is 0.313 e. The molecule has 0 saturated carbocycles. The lowest BCUT2D eigenvalue weighted by atomic mass is 10.0. The van der Waals surface area contributed by atoms with Gasteiger partial charge in [0, 0.05) is 29.9 Å². The first-order valence-electron chi connectivity index (χ1n) is 6.88. The molecule has 2 aliphatic heterocycles. The van der Waals surface area contributed by atoms with Crippen LogP contribution in [0.15, 0.2) is 29.4 Å². The highest BCUT2D eigenvalue weighted by Gasteiger charge is 2.36.